The van der Waals surface area contributed by atoms with Gasteiger partial charge in [0.2, 0.25) is 11.8 Å². The van der Waals surface area contributed by atoms with Crippen molar-refractivity contribution in [3.8, 4) is 0 Å². The zero-order chi connectivity index (χ0) is 17.3. The van der Waals surface area contributed by atoms with Gasteiger partial charge in [0.25, 0.3) is 0 Å². The first-order valence-corrected chi connectivity index (χ1v) is 8.02. The number of anilines is 1. The lowest BCUT2D eigenvalue weighted by Gasteiger charge is -2.38. The number of rotatable bonds is 3. The number of benzene rings is 1. The van der Waals surface area contributed by atoms with Crippen LogP contribution in [0.15, 0.2) is 34.9 Å². The predicted molar refractivity (Wildman–Crippen MR) is 89.3 cm³/mol. The van der Waals surface area contributed by atoms with Gasteiger partial charge in [-0.3, -0.25) is 9.59 Å². The van der Waals surface area contributed by atoms with Gasteiger partial charge in [0, 0.05) is 19.5 Å². The summed E-state index contributed by atoms with van der Waals surface area (Å²) >= 11 is 0. The summed E-state index contributed by atoms with van der Waals surface area (Å²) in [5.41, 5.74) is 2.11. The number of aromatic nitrogens is 1. The minimum atomic E-state index is -0.326. The van der Waals surface area contributed by atoms with Gasteiger partial charge in [-0.15, -0.1) is 0 Å². The molecule has 1 N–H and O–H groups in total. The van der Waals surface area contributed by atoms with Gasteiger partial charge in [0.05, 0.1) is 12.0 Å². The largest absolute Gasteiger partial charge is 0.360 e. The van der Waals surface area contributed by atoms with Crippen LogP contribution in [0.2, 0.25) is 0 Å². The Morgan fingerprint density at radius 3 is 2.62 bits per heavy atom. The van der Waals surface area contributed by atoms with Crippen LogP contribution in [0.4, 0.5) is 5.82 Å². The number of carbonyl (C=O) groups excluding carboxylic acids is 2. The van der Waals surface area contributed by atoms with Gasteiger partial charge in [0.15, 0.2) is 5.82 Å². The smallest absolute Gasteiger partial charge is 0.231 e. The Bertz CT molecular complexity index is 751. The fourth-order valence-electron chi connectivity index (χ4n) is 3.18. The topological polar surface area (TPSA) is 75.4 Å². The van der Waals surface area contributed by atoms with Crippen LogP contribution in [0, 0.1) is 19.8 Å². The van der Waals surface area contributed by atoms with E-state index in [0.717, 1.165) is 11.1 Å². The Morgan fingerprint density at radius 2 is 2.00 bits per heavy atom. The maximum absolute atomic E-state index is 12.7. The summed E-state index contributed by atoms with van der Waals surface area (Å²) < 4.78 is 4.99. The molecule has 1 saturated heterocycles. The number of aryl methyl sites for hydroxylation is 2. The SMILES string of the molecule is Cc1ccc([C@H]2[C@@H](C(=O)Nc3cc(C)on3)CCC(=O)N2C)cc1. The molecule has 1 aromatic carbocycles. The molecule has 1 aliphatic heterocycles. The van der Waals surface area contributed by atoms with Crippen LogP contribution in [-0.4, -0.2) is 28.9 Å². The van der Waals surface area contributed by atoms with Crippen molar-refractivity contribution < 1.29 is 14.1 Å². The second-order valence-corrected chi connectivity index (χ2v) is 6.32. The Labute approximate surface area is 140 Å². The molecule has 0 saturated carbocycles. The van der Waals surface area contributed by atoms with Gasteiger partial charge in [-0.2, -0.15) is 0 Å². The molecule has 0 spiro atoms. The molecule has 126 valence electrons. The van der Waals surface area contributed by atoms with Crippen molar-refractivity contribution in [2.75, 3.05) is 12.4 Å². The molecule has 24 heavy (non-hydrogen) atoms. The van der Waals surface area contributed by atoms with Crippen molar-refractivity contribution in [2.45, 2.75) is 32.7 Å². The van der Waals surface area contributed by atoms with Gasteiger partial charge in [-0.05, 0) is 25.8 Å². The molecule has 2 aromatic rings. The molecular weight excluding hydrogens is 306 g/mol. The summed E-state index contributed by atoms with van der Waals surface area (Å²) in [7, 11) is 1.76. The monoisotopic (exact) mass is 327 g/mol. The number of hydrogen-bond donors (Lipinski definition) is 1. The lowest BCUT2D eigenvalue weighted by molar-refractivity contribution is -0.140. The third kappa shape index (κ3) is 3.18. The minimum absolute atomic E-state index is 0.0573. The van der Waals surface area contributed by atoms with Crippen LogP contribution in [-0.2, 0) is 9.59 Å². The van der Waals surface area contributed by atoms with Gasteiger partial charge in [-0.25, -0.2) is 0 Å². The van der Waals surface area contributed by atoms with Crippen LogP contribution in [0.25, 0.3) is 0 Å². The minimum Gasteiger partial charge on any atom is -0.360 e. The average molecular weight is 327 g/mol. The highest BCUT2D eigenvalue weighted by Crippen LogP contribution is 2.36. The summed E-state index contributed by atoms with van der Waals surface area (Å²) in [5, 5.41) is 6.60. The van der Waals surface area contributed by atoms with Crippen LogP contribution >= 0.6 is 0 Å². The quantitative estimate of drug-likeness (QED) is 0.940. The van der Waals surface area contributed by atoms with E-state index in [0.29, 0.717) is 24.4 Å². The second kappa shape index (κ2) is 6.47. The van der Waals surface area contributed by atoms with E-state index in [2.05, 4.69) is 10.5 Å². The zero-order valence-corrected chi connectivity index (χ0v) is 14.1. The Kier molecular flexibility index (Phi) is 4.38. The first kappa shape index (κ1) is 16.2. The second-order valence-electron chi connectivity index (χ2n) is 6.32. The van der Waals surface area contributed by atoms with Crippen molar-refractivity contribution in [1.29, 1.82) is 0 Å². The number of nitrogens with one attached hydrogen (secondary N) is 1. The van der Waals surface area contributed by atoms with Crippen molar-refractivity contribution in [1.82, 2.24) is 10.1 Å². The Morgan fingerprint density at radius 1 is 1.29 bits per heavy atom. The fourth-order valence-corrected chi connectivity index (χ4v) is 3.18. The van der Waals surface area contributed by atoms with E-state index in [9.17, 15) is 9.59 Å². The van der Waals surface area contributed by atoms with Crippen molar-refractivity contribution in [2.24, 2.45) is 5.92 Å². The third-order valence-electron chi connectivity index (χ3n) is 4.50. The van der Waals surface area contributed by atoms with Gasteiger partial charge in [0.1, 0.15) is 5.76 Å². The van der Waals surface area contributed by atoms with Crippen molar-refractivity contribution >= 4 is 17.6 Å². The van der Waals surface area contributed by atoms with Gasteiger partial charge >= 0.3 is 0 Å². The Hall–Kier alpha value is -2.63. The molecular formula is C18H21N3O3. The summed E-state index contributed by atoms with van der Waals surface area (Å²) in [6.07, 6.45) is 0.888. The molecule has 0 radical (unpaired) electrons. The van der Waals surface area contributed by atoms with Gasteiger partial charge < -0.3 is 14.7 Å². The number of amides is 2. The molecule has 6 nitrogen and oxygen atoms in total. The van der Waals surface area contributed by atoms with E-state index in [1.54, 1.807) is 24.9 Å². The number of hydrogen-bond acceptors (Lipinski definition) is 4. The molecule has 1 aromatic heterocycles. The van der Waals surface area contributed by atoms with Crippen molar-refractivity contribution in [3.05, 3.63) is 47.2 Å². The standard InChI is InChI=1S/C18H21N3O3/c1-11-4-6-13(7-5-11)17-14(8-9-16(22)21(17)3)18(23)19-15-10-12(2)24-20-15/h4-7,10,14,17H,8-9H2,1-3H3,(H,19,20,23)/t14-,17-/m0/s1. The fraction of sp³-hybridized carbons (Fsp3) is 0.389. The van der Waals surface area contributed by atoms with Gasteiger partial charge in [-0.1, -0.05) is 35.0 Å². The number of carbonyl (C=O) groups is 2. The van der Waals surface area contributed by atoms with E-state index in [1.165, 1.54) is 0 Å². The van der Waals surface area contributed by atoms with E-state index in [-0.39, 0.29) is 23.8 Å². The lowest BCUT2D eigenvalue weighted by Crippen LogP contribution is -2.44. The van der Waals surface area contributed by atoms with Crippen LogP contribution in [0.1, 0.15) is 35.8 Å². The van der Waals surface area contributed by atoms with E-state index in [1.807, 2.05) is 31.2 Å². The molecule has 2 atom stereocenters. The van der Waals surface area contributed by atoms with Crippen LogP contribution < -0.4 is 5.32 Å². The average Bonchev–Trinajstić information content (AvgIpc) is 2.96. The van der Waals surface area contributed by atoms with E-state index in [4.69, 9.17) is 4.52 Å². The van der Waals surface area contributed by atoms with Crippen LogP contribution in [0.5, 0.6) is 0 Å². The van der Waals surface area contributed by atoms with Crippen molar-refractivity contribution in [3.63, 3.8) is 0 Å². The molecule has 2 heterocycles. The summed E-state index contributed by atoms with van der Waals surface area (Å²) in [5.74, 6) is 0.624. The first-order chi connectivity index (χ1) is 11.5. The van der Waals surface area contributed by atoms with Crippen LogP contribution in [0.3, 0.4) is 0 Å². The lowest BCUT2D eigenvalue weighted by atomic mass is 9.83. The molecule has 0 aliphatic carbocycles. The van der Waals surface area contributed by atoms with E-state index >= 15 is 0 Å². The predicted octanol–water partition coefficient (Wildman–Crippen LogP) is 2.84. The number of piperidine rings is 1. The summed E-state index contributed by atoms with van der Waals surface area (Å²) in [6, 6.07) is 9.36. The molecule has 0 unspecified atom stereocenters. The molecule has 2 amide bonds. The molecule has 0 bridgehead atoms. The third-order valence-corrected chi connectivity index (χ3v) is 4.50. The molecule has 3 rings (SSSR count). The summed E-state index contributed by atoms with van der Waals surface area (Å²) in [6.45, 7) is 3.78. The zero-order valence-electron chi connectivity index (χ0n) is 14.1. The first-order valence-electron chi connectivity index (χ1n) is 8.02. The molecule has 1 aliphatic rings. The highest BCUT2D eigenvalue weighted by atomic mass is 16.5. The maximum atomic E-state index is 12.7. The normalized spacial score (nSPS) is 21.0. The maximum Gasteiger partial charge on any atom is 0.231 e. The Balaban J connectivity index is 1.86. The number of nitrogens with zero attached hydrogens (tertiary/aromatic N) is 2. The highest BCUT2D eigenvalue weighted by Gasteiger charge is 2.39. The molecule has 6 heteroatoms. The number of likely N-dealkylation sites (tertiary alicyclic amines) is 1. The van der Waals surface area contributed by atoms with E-state index < -0.39 is 0 Å². The highest BCUT2D eigenvalue weighted by molar-refractivity contribution is 5.94. The summed E-state index contributed by atoms with van der Waals surface area (Å²) in [4.78, 5) is 26.6. The molecule has 1 fully saturated rings.